The maximum Gasteiger partial charge on any atom is 0.233 e. The van der Waals surface area contributed by atoms with Gasteiger partial charge in [0.05, 0.1) is 25.2 Å². The first-order valence-electron chi connectivity index (χ1n) is 7.69. The van der Waals surface area contributed by atoms with E-state index < -0.39 is 0 Å². The van der Waals surface area contributed by atoms with E-state index in [4.69, 9.17) is 9.15 Å². The zero-order chi connectivity index (χ0) is 17.6. The number of hydrogen-bond donors (Lipinski definition) is 2. The number of aromatic amines is 1. The number of nitrogens with zero attached hydrogens (tertiary/aromatic N) is 2. The van der Waals surface area contributed by atoms with Crippen LogP contribution < -0.4 is 10.1 Å². The van der Waals surface area contributed by atoms with Crippen LogP contribution in [0.15, 0.2) is 52.2 Å². The number of thioether (sulfide) groups is 1. The topological polar surface area (TPSA) is 93.0 Å². The summed E-state index contributed by atoms with van der Waals surface area (Å²) in [4.78, 5) is 16.6. The summed E-state index contributed by atoms with van der Waals surface area (Å²) < 4.78 is 10.3. The fourth-order valence-electron chi connectivity index (χ4n) is 2.12. The van der Waals surface area contributed by atoms with Gasteiger partial charge in [0.25, 0.3) is 0 Å². The van der Waals surface area contributed by atoms with E-state index in [0.717, 1.165) is 11.3 Å². The maximum atomic E-state index is 12.1. The van der Waals surface area contributed by atoms with Crippen molar-refractivity contribution in [2.24, 2.45) is 0 Å². The van der Waals surface area contributed by atoms with Gasteiger partial charge in [-0.3, -0.25) is 9.89 Å². The lowest BCUT2D eigenvalue weighted by molar-refractivity contribution is -0.120. The molecular weight excluding hydrogens is 340 g/mol. The maximum absolute atomic E-state index is 12.1. The molecule has 130 valence electrons. The van der Waals surface area contributed by atoms with Gasteiger partial charge in [0.2, 0.25) is 11.1 Å². The van der Waals surface area contributed by atoms with Crippen molar-refractivity contribution in [3.8, 4) is 17.1 Å². The van der Waals surface area contributed by atoms with Crippen LogP contribution in [0.4, 0.5) is 0 Å². The highest BCUT2D eigenvalue weighted by atomic mass is 32.2. The van der Waals surface area contributed by atoms with E-state index in [1.807, 2.05) is 37.3 Å². The molecule has 0 fully saturated rings. The monoisotopic (exact) mass is 358 g/mol. The van der Waals surface area contributed by atoms with Gasteiger partial charge >= 0.3 is 0 Å². The summed E-state index contributed by atoms with van der Waals surface area (Å²) in [6.45, 7) is 2.17. The number of H-pyrrole nitrogens is 1. The quantitative estimate of drug-likeness (QED) is 0.631. The lowest BCUT2D eigenvalue weighted by Crippen LogP contribution is -2.30. The number of aromatic nitrogens is 3. The third-order valence-corrected chi connectivity index (χ3v) is 4.46. The van der Waals surface area contributed by atoms with Crippen molar-refractivity contribution in [1.82, 2.24) is 20.5 Å². The summed E-state index contributed by atoms with van der Waals surface area (Å²) in [5.74, 6) is 2.04. The van der Waals surface area contributed by atoms with Crippen molar-refractivity contribution in [1.29, 1.82) is 0 Å². The Hall–Kier alpha value is -2.74. The number of benzene rings is 1. The first-order valence-corrected chi connectivity index (χ1v) is 8.57. The first kappa shape index (κ1) is 17.1. The molecule has 0 aliphatic heterocycles. The molecule has 1 atom stereocenters. The molecule has 0 saturated heterocycles. The molecule has 2 N–H and O–H groups in total. The summed E-state index contributed by atoms with van der Waals surface area (Å²) >= 11 is 1.29. The Bertz CT molecular complexity index is 815. The van der Waals surface area contributed by atoms with Crippen molar-refractivity contribution < 1.29 is 13.9 Å². The molecule has 0 bridgehead atoms. The number of rotatable bonds is 7. The van der Waals surface area contributed by atoms with Crippen LogP contribution in [0.5, 0.6) is 5.75 Å². The number of carbonyl (C=O) groups excluding carboxylic acids is 1. The van der Waals surface area contributed by atoms with Crippen molar-refractivity contribution in [2.45, 2.75) is 23.9 Å². The largest absolute Gasteiger partial charge is 0.497 e. The molecule has 7 nitrogen and oxygen atoms in total. The lowest BCUT2D eigenvalue weighted by Gasteiger charge is -2.08. The highest BCUT2D eigenvalue weighted by molar-refractivity contribution is 8.00. The minimum Gasteiger partial charge on any atom is -0.497 e. The molecule has 0 radical (unpaired) electrons. The van der Waals surface area contributed by atoms with E-state index in [1.165, 1.54) is 11.8 Å². The fourth-order valence-corrected chi connectivity index (χ4v) is 2.87. The summed E-state index contributed by atoms with van der Waals surface area (Å²) in [5, 5.41) is 10.1. The standard InChI is InChI=1S/C17H18N4O3S/c1-11(16(22)18-10-14-4-3-9-24-14)25-17-19-15(20-21-17)12-5-7-13(23-2)8-6-12/h3-9,11H,10H2,1-2H3,(H,18,22)(H,19,20,21)/t11-/m0/s1. The molecular formula is C17H18N4O3S. The molecule has 0 aliphatic carbocycles. The van der Waals surface area contributed by atoms with Gasteiger partial charge < -0.3 is 14.5 Å². The van der Waals surface area contributed by atoms with Crippen LogP contribution in [0.2, 0.25) is 0 Å². The van der Waals surface area contributed by atoms with Crippen LogP contribution in [-0.4, -0.2) is 33.4 Å². The third-order valence-electron chi connectivity index (χ3n) is 3.50. The molecule has 0 aliphatic rings. The number of carbonyl (C=O) groups is 1. The summed E-state index contributed by atoms with van der Waals surface area (Å²) in [6.07, 6.45) is 1.58. The van der Waals surface area contributed by atoms with Gasteiger partial charge in [-0.2, -0.15) is 0 Å². The van der Waals surface area contributed by atoms with Gasteiger partial charge in [-0.25, -0.2) is 4.98 Å². The summed E-state index contributed by atoms with van der Waals surface area (Å²) in [5.41, 5.74) is 0.898. The molecule has 1 aromatic carbocycles. The molecule has 8 heteroatoms. The molecule has 2 heterocycles. The second kappa shape index (κ2) is 7.89. The Morgan fingerprint density at radius 1 is 1.36 bits per heavy atom. The number of furan rings is 1. The highest BCUT2D eigenvalue weighted by Crippen LogP contribution is 2.24. The molecule has 0 saturated carbocycles. The van der Waals surface area contributed by atoms with Crippen LogP contribution >= 0.6 is 11.8 Å². The molecule has 3 aromatic rings. The minimum absolute atomic E-state index is 0.0998. The van der Waals surface area contributed by atoms with E-state index in [0.29, 0.717) is 23.3 Å². The normalized spacial score (nSPS) is 11.9. The number of amides is 1. The average Bonchev–Trinajstić information content (AvgIpc) is 3.31. The lowest BCUT2D eigenvalue weighted by atomic mass is 10.2. The van der Waals surface area contributed by atoms with E-state index in [1.54, 1.807) is 19.4 Å². The molecule has 2 aromatic heterocycles. The third kappa shape index (κ3) is 4.42. The fraction of sp³-hybridized carbons (Fsp3) is 0.235. The molecule has 0 unspecified atom stereocenters. The van der Waals surface area contributed by atoms with E-state index in [2.05, 4.69) is 20.5 Å². The first-order chi connectivity index (χ1) is 12.2. The predicted molar refractivity (Wildman–Crippen MR) is 94.2 cm³/mol. The SMILES string of the molecule is COc1ccc(-c2nc(S[C@@H](C)C(=O)NCc3ccco3)n[nH]2)cc1. The summed E-state index contributed by atoms with van der Waals surface area (Å²) in [6, 6.07) is 11.1. The van der Waals surface area contributed by atoms with Crippen molar-refractivity contribution in [3.05, 3.63) is 48.4 Å². The van der Waals surface area contributed by atoms with E-state index in [9.17, 15) is 4.79 Å². The van der Waals surface area contributed by atoms with E-state index in [-0.39, 0.29) is 11.2 Å². The predicted octanol–water partition coefficient (Wildman–Crippen LogP) is 2.87. The highest BCUT2D eigenvalue weighted by Gasteiger charge is 2.17. The second-order valence-electron chi connectivity index (χ2n) is 5.25. The molecule has 3 rings (SSSR count). The van der Waals surface area contributed by atoms with Gasteiger partial charge in [0.15, 0.2) is 5.82 Å². The van der Waals surface area contributed by atoms with Gasteiger partial charge in [-0.1, -0.05) is 11.8 Å². The van der Waals surface area contributed by atoms with Gasteiger partial charge in [0, 0.05) is 5.56 Å². The Morgan fingerprint density at radius 2 is 2.16 bits per heavy atom. The number of methoxy groups -OCH3 is 1. The van der Waals surface area contributed by atoms with Crippen molar-refractivity contribution >= 4 is 17.7 Å². The minimum atomic E-state index is -0.325. The Morgan fingerprint density at radius 3 is 2.84 bits per heavy atom. The van der Waals surface area contributed by atoms with Crippen LogP contribution in [0.3, 0.4) is 0 Å². The van der Waals surface area contributed by atoms with E-state index >= 15 is 0 Å². The van der Waals surface area contributed by atoms with Crippen LogP contribution in [0.1, 0.15) is 12.7 Å². The average molecular weight is 358 g/mol. The van der Waals surface area contributed by atoms with Gasteiger partial charge in [-0.15, -0.1) is 5.10 Å². The molecule has 25 heavy (non-hydrogen) atoms. The van der Waals surface area contributed by atoms with Gasteiger partial charge in [0.1, 0.15) is 11.5 Å². The number of hydrogen-bond acceptors (Lipinski definition) is 6. The van der Waals surface area contributed by atoms with Crippen LogP contribution in [0.25, 0.3) is 11.4 Å². The smallest absolute Gasteiger partial charge is 0.233 e. The van der Waals surface area contributed by atoms with Crippen LogP contribution in [0, 0.1) is 0 Å². The zero-order valence-corrected chi connectivity index (χ0v) is 14.7. The molecule has 1 amide bonds. The second-order valence-corrected chi connectivity index (χ2v) is 6.56. The Kier molecular flexibility index (Phi) is 5.39. The van der Waals surface area contributed by atoms with Crippen LogP contribution in [-0.2, 0) is 11.3 Å². The number of nitrogens with one attached hydrogen (secondary N) is 2. The molecule has 0 spiro atoms. The van der Waals surface area contributed by atoms with Gasteiger partial charge in [-0.05, 0) is 43.3 Å². The van der Waals surface area contributed by atoms with Crippen molar-refractivity contribution in [2.75, 3.05) is 7.11 Å². The Labute approximate surface area is 149 Å². The zero-order valence-electron chi connectivity index (χ0n) is 13.9. The number of ether oxygens (including phenoxy) is 1. The Balaban J connectivity index is 1.57. The summed E-state index contributed by atoms with van der Waals surface area (Å²) in [7, 11) is 1.62. The van der Waals surface area contributed by atoms with Crippen molar-refractivity contribution in [3.63, 3.8) is 0 Å².